The van der Waals surface area contributed by atoms with Gasteiger partial charge in [-0.1, -0.05) is 0 Å². The standard InChI is InChI=1S/C27H26N6O3S/c1-3-32(4-2)21-9-7-19(24(34)13-21)14-29-33-23(17-37-27(33)30-20-6-5-11-28-15-20)18-8-10-25-22(12-18)31-26(35)16-36-25/h5-15,17,34H,3-4,16H2,1-2H3,(H,31,35). The molecule has 2 N–H and O–H groups in total. The van der Waals surface area contributed by atoms with E-state index >= 15 is 0 Å². The van der Waals surface area contributed by atoms with Crippen LogP contribution in [0.1, 0.15) is 19.4 Å². The Balaban J connectivity index is 1.57. The normalized spacial score (nSPS) is 13.4. The maximum absolute atomic E-state index is 11.8. The summed E-state index contributed by atoms with van der Waals surface area (Å²) in [6.45, 7) is 5.86. The number of carbonyl (C=O) groups is 1. The molecule has 0 spiro atoms. The van der Waals surface area contributed by atoms with Gasteiger partial charge in [-0.25, -0.2) is 9.67 Å². The van der Waals surface area contributed by atoms with Crippen LogP contribution >= 0.6 is 11.3 Å². The number of nitrogens with one attached hydrogen (secondary N) is 1. The zero-order valence-corrected chi connectivity index (χ0v) is 21.3. The average molecular weight is 515 g/mol. The monoisotopic (exact) mass is 514 g/mol. The van der Waals surface area contributed by atoms with Gasteiger partial charge < -0.3 is 20.1 Å². The van der Waals surface area contributed by atoms with Gasteiger partial charge in [0.05, 0.1) is 29.5 Å². The molecular formula is C27H26N6O3S. The first-order chi connectivity index (χ1) is 18.1. The first kappa shape index (κ1) is 24.3. The minimum atomic E-state index is -0.197. The summed E-state index contributed by atoms with van der Waals surface area (Å²) in [6.07, 6.45) is 4.99. The number of pyridine rings is 1. The van der Waals surface area contributed by atoms with Crippen LogP contribution in [0.25, 0.3) is 11.3 Å². The van der Waals surface area contributed by atoms with E-state index in [-0.39, 0.29) is 18.3 Å². The van der Waals surface area contributed by atoms with Crippen molar-refractivity contribution in [3.63, 3.8) is 0 Å². The number of phenols is 1. The van der Waals surface area contributed by atoms with E-state index in [4.69, 9.17) is 14.8 Å². The number of aromatic hydroxyl groups is 1. The van der Waals surface area contributed by atoms with E-state index in [1.165, 1.54) is 11.3 Å². The molecule has 37 heavy (non-hydrogen) atoms. The van der Waals surface area contributed by atoms with Crippen molar-refractivity contribution in [1.29, 1.82) is 0 Å². The van der Waals surface area contributed by atoms with E-state index in [1.54, 1.807) is 29.4 Å². The van der Waals surface area contributed by atoms with Crippen LogP contribution in [0, 0.1) is 0 Å². The highest BCUT2D eigenvalue weighted by Crippen LogP contribution is 2.33. The fourth-order valence-corrected chi connectivity index (χ4v) is 4.86. The number of carbonyl (C=O) groups excluding carboxylic acids is 1. The molecular weight excluding hydrogens is 488 g/mol. The molecule has 0 aliphatic carbocycles. The SMILES string of the molecule is CCN(CC)c1ccc(C=Nn2c(-c3ccc4c(c3)NC(=O)CO4)csc2=Nc2cccnc2)c(O)c1. The molecule has 1 aliphatic rings. The van der Waals surface area contributed by atoms with Crippen LogP contribution in [0.2, 0.25) is 0 Å². The van der Waals surface area contributed by atoms with Gasteiger partial charge in [-0.15, -0.1) is 11.3 Å². The van der Waals surface area contributed by atoms with Crippen molar-refractivity contribution in [2.75, 3.05) is 29.9 Å². The van der Waals surface area contributed by atoms with E-state index in [9.17, 15) is 9.90 Å². The van der Waals surface area contributed by atoms with E-state index in [0.717, 1.165) is 30.0 Å². The Morgan fingerprint density at radius 2 is 2.08 bits per heavy atom. The summed E-state index contributed by atoms with van der Waals surface area (Å²) in [5.74, 6) is 0.564. The molecule has 3 heterocycles. The molecule has 0 atom stereocenters. The maximum atomic E-state index is 11.8. The van der Waals surface area contributed by atoms with E-state index in [1.807, 2.05) is 47.8 Å². The third-order valence-corrected chi connectivity index (χ3v) is 6.74. The Hall–Kier alpha value is -4.44. The van der Waals surface area contributed by atoms with Gasteiger partial charge in [-0.2, -0.15) is 5.10 Å². The quantitative estimate of drug-likeness (QED) is 0.351. The second kappa shape index (κ2) is 10.7. The van der Waals surface area contributed by atoms with Crippen molar-refractivity contribution in [1.82, 2.24) is 9.66 Å². The average Bonchev–Trinajstić information content (AvgIpc) is 3.31. The van der Waals surface area contributed by atoms with Gasteiger partial charge in [-0.05, 0) is 56.3 Å². The predicted octanol–water partition coefficient (Wildman–Crippen LogP) is 4.61. The maximum Gasteiger partial charge on any atom is 0.262 e. The molecule has 2 aromatic carbocycles. The lowest BCUT2D eigenvalue weighted by molar-refractivity contribution is -0.118. The van der Waals surface area contributed by atoms with Gasteiger partial charge in [0.2, 0.25) is 4.80 Å². The minimum absolute atomic E-state index is 0.000213. The molecule has 0 unspecified atom stereocenters. The zero-order valence-electron chi connectivity index (χ0n) is 20.5. The van der Waals surface area contributed by atoms with Crippen LogP contribution in [0.4, 0.5) is 17.1 Å². The van der Waals surface area contributed by atoms with Crippen LogP contribution in [0.3, 0.4) is 0 Å². The second-order valence-corrected chi connectivity index (χ2v) is 9.08. The fourth-order valence-electron chi connectivity index (χ4n) is 4.01. The highest BCUT2D eigenvalue weighted by Gasteiger charge is 2.18. The summed E-state index contributed by atoms with van der Waals surface area (Å²) < 4.78 is 7.21. The van der Waals surface area contributed by atoms with Gasteiger partial charge in [0, 0.05) is 47.5 Å². The molecule has 188 valence electrons. The molecule has 9 nitrogen and oxygen atoms in total. The fraction of sp³-hybridized carbons (Fsp3) is 0.185. The van der Waals surface area contributed by atoms with Gasteiger partial charge in [-0.3, -0.25) is 9.78 Å². The van der Waals surface area contributed by atoms with Crippen molar-refractivity contribution >= 4 is 40.5 Å². The van der Waals surface area contributed by atoms with Crippen molar-refractivity contribution in [2.24, 2.45) is 10.1 Å². The largest absolute Gasteiger partial charge is 0.507 e. The Labute approximate surface area is 218 Å². The molecule has 0 saturated heterocycles. The first-order valence-corrected chi connectivity index (χ1v) is 12.8. The van der Waals surface area contributed by atoms with Gasteiger partial charge in [0.25, 0.3) is 5.91 Å². The van der Waals surface area contributed by atoms with Crippen LogP contribution in [0.5, 0.6) is 11.5 Å². The third kappa shape index (κ3) is 5.24. The molecule has 10 heteroatoms. The van der Waals surface area contributed by atoms with Gasteiger partial charge >= 0.3 is 0 Å². The van der Waals surface area contributed by atoms with E-state index in [2.05, 4.69) is 29.0 Å². The minimum Gasteiger partial charge on any atom is -0.507 e. The number of hydrogen-bond acceptors (Lipinski definition) is 8. The molecule has 1 amide bonds. The van der Waals surface area contributed by atoms with E-state index in [0.29, 0.717) is 27.5 Å². The Morgan fingerprint density at radius 1 is 1.22 bits per heavy atom. The smallest absolute Gasteiger partial charge is 0.262 e. The lowest BCUT2D eigenvalue weighted by Crippen LogP contribution is -2.25. The lowest BCUT2D eigenvalue weighted by Gasteiger charge is -2.21. The summed E-state index contributed by atoms with van der Waals surface area (Å²) in [6, 6.07) is 14.8. The number of anilines is 2. The van der Waals surface area contributed by atoms with Gasteiger partial charge in [0.15, 0.2) is 6.61 Å². The molecule has 5 rings (SSSR count). The van der Waals surface area contributed by atoms with Crippen molar-refractivity contribution in [3.8, 4) is 22.8 Å². The summed E-state index contributed by atoms with van der Waals surface area (Å²) in [7, 11) is 0. The Kier molecular flexibility index (Phi) is 7.00. The number of nitrogens with zero attached hydrogens (tertiary/aromatic N) is 5. The second-order valence-electron chi connectivity index (χ2n) is 8.25. The molecule has 2 aromatic heterocycles. The third-order valence-electron chi connectivity index (χ3n) is 5.92. The van der Waals surface area contributed by atoms with Crippen LogP contribution in [-0.4, -0.2) is 46.6 Å². The molecule has 0 saturated carbocycles. The molecule has 0 bridgehead atoms. The molecule has 0 fully saturated rings. The number of amides is 1. The summed E-state index contributed by atoms with van der Waals surface area (Å²) in [4.78, 5) is 23.5. The predicted molar refractivity (Wildman–Crippen MR) is 146 cm³/mol. The molecule has 4 aromatic rings. The Morgan fingerprint density at radius 3 is 2.84 bits per heavy atom. The summed E-state index contributed by atoms with van der Waals surface area (Å²) in [5.41, 5.74) is 4.42. The number of benzene rings is 2. The Bertz CT molecular complexity index is 1520. The van der Waals surface area contributed by atoms with Crippen LogP contribution in [-0.2, 0) is 4.79 Å². The topological polar surface area (TPSA) is 104 Å². The summed E-state index contributed by atoms with van der Waals surface area (Å²) >= 11 is 1.42. The first-order valence-electron chi connectivity index (χ1n) is 11.9. The van der Waals surface area contributed by atoms with E-state index < -0.39 is 0 Å². The van der Waals surface area contributed by atoms with Crippen LogP contribution < -0.4 is 19.8 Å². The number of hydrogen-bond donors (Lipinski definition) is 2. The number of thiazole rings is 1. The highest BCUT2D eigenvalue weighted by molar-refractivity contribution is 7.07. The highest BCUT2D eigenvalue weighted by atomic mass is 32.1. The van der Waals surface area contributed by atoms with Crippen molar-refractivity contribution in [3.05, 3.63) is 76.7 Å². The van der Waals surface area contributed by atoms with Crippen LogP contribution in [0.15, 0.2) is 76.4 Å². The number of fused-ring (bicyclic) bond motifs is 1. The zero-order chi connectivity index (χ0) is 25.8. The number of rotatable bonds is 7. The molecule has 1 aliphatic heterocycles. The van der Waals surface area contributed by atoms with Gasteiger partial charge in [0.1, 0.15) is 11.5 Å². The summed E-state index contributed by atoms with van der Waals surface area (Å²) in [5, 5.41) is 20.2. The van der Waals surface area contributed by atoms with Crippen molar-refractivity contribution in [2.45, 2.75) is 13.8 Å². The van der Waals surface area contributed by atoms with Crippen molar-refractivity contribution < 1.29 is 14.6 Å². The number of phenolic OH excluding ortho intramolecular Hbond substituents is 1. The number of aromatic nitrogens is 2. The number of ether oxygens (including phenoxy) is 1. The lowest BCUT2D eigenvalue weighted by atomic mass is 10.1. The molecule has 0 radical (unpaired) electrons.